The molecule has 0 radical (unpaired) electrons. The van der Waals surface area contributed by atoms with Gasteiger partial charge in [-0.15, -0.1) is 0 Å². The molecule has 0 amide bonds. The van der Waals surface area contributed by atoms with Gasteiger partial charge in [-0.2, -0.15) is 5.26 Å². The minimum atomic E-state index is -0.212. The number of hydrogen-bond acceptors (Lipinski definition) is 3. The Morgan fingerprint density at radius 1 is 1.00 bits per heavy atom. The first-order valence-electron chi connectivity index (χ1n) is 8.24. The van der Waals surface area contributed by atoms with E-state index in [4.69, 9.17) is 0 Å². The Morgan fingerprint density at radius 2 is 1.74 bits per heavy atom. The summed E-state index contributed by atoms with van der Waals surface area (Å²) in [6.07, 6.45) is 12.7. The van der Waals surface area contributed by atoms with Gasteiger partial charge in [0.1, 0.15) is 5.54 Å². The van der Waals surface area contributed by atoms with Crippen molar-refractivity contribution in [3.05, 3.63) is 0 Å². The lowest BCUT2D eigenvalue weighted by Gasteiger charge is -2.41. The van der Waals surface area contributed by atoms with Gasteiger partial charge in [-0.05, 0) is 64.5 Å². The molecule has 1 aliphatic heterocycles. The minimum absolute atomic E-state index is 0.212. The van der Waals surface area contributed by atoms with Crippen LogP contribution in [0.15, 0.2) is 0 Å². The molecule has 3 nitrogen and oxygen atoms in total. The fourth-order valence-corrected chi connectivity index (χ4v) is 3.90. The highest BCUT2D eigenvalue weighted by Crippen LogP contribution is 2.35. The van der Waals surface area contributed by atoms with Gasteiger partial charge in [-0.25, -0.2) is 0 Å². The van der Waals surface area contributed by atoms with Crippen molar-refractivity contribution in [3.8, 4) is 6.07 Å². The average molecular weight is 261 g/mol. The van der Waals surface area contributed by atoms with Gasteiger partial charge < -0.3 is 4.90 Å². The number of nitriles is 1. The number of nitrogens with zero attached hydrogens (tertiary/aromatic N) is 2. The lowest BCUT2D eigenvalue weighted by molar-refractivity contribution is 0.122. The van der Waals surface area contributed by atoms with E-state index in [9.17, 15) is 5.26 Å². The summed E-state index contributed by atoms with van der Waals surface area (Å²) >= 11 is 0. The first-order valence-corrected chi connectivity index (χ1v) is 8.24. The van der Waals surface area contributed by atoms with Crippen LogP contribution >= 0.6 is 0 Å². The van der Waals surface area contributed by atoms with Crippen LogP contribution in [0.4, 0.5) is 0 Å². The number of likely N-dealkylation sites (tertiary alicyclic amines) is 1. The van der Waals surface area contributed by atoms with Gasteiger partial charge in [0.25, 0.3) is 0 Å². The maximum absolute atomic E-state index is 9.66. The highest BCUT2D eigenvalue weighted by atomic mass is 15.2. The van der Waals surface area contributed by atoms with Crippen molar-refractivity contribution in [3.63, 3.8) is 0 Å². The molecule has 1 saturated heterocycles. The molecule has 0 aromatic rings. The molecule has 0 bridgehead atoms. The molecule has 1 N–H and O–H groups in total. The zero-order valence-electron chi connectivity index (χ0n) is 12.0. The topological polar surface area (TPSA) is 39.1 Å². The molecule has 2 aliphatic carbocycles. The van der Waals surface area contributed by atoms with Crippen LogP contribution in [0, 0.1) is 11.3 Å². The maximum atomic E-state index is 9.66. The monoisotopic (exact) mass is 261 g/mol. The third-order valence-electron chi connectivity index (χ3n) is 5.15. The lowest BCUT2D eigenvalue weighted by Crippen LogP contribution is -2.53. The summed E-state index contributed by atoms with van der Waals surface area (Å²) in [5.41, 5.74) is -0.212. The van der Waals surface area contributed by atoms with Crippen LogP contribution in [0.3, 0.4) is 0 Å². The van der Waals surface area contributed by atoms with Crippen molar-refractivity contribution in [1.29, 1.82) is 5.26 Å². The Kier molecular flexibility index (Phi) is 4.10. The van der Waals surface area contributed by atoms with E-state index in [-0.39, 0.29) is 5.54 Å². The van der Waals surface area contributed by atoms with E-state index in [1.807, 2.05) is 0 Å². The van der Waals surface area contributed by atoms with Crippen molar-refractivity contribution in [2.24, 2.45) is 0 Å². The Hall–Kier alpha value is -0.590. The smallest absolute Gasteiger partial charge is 0.108 e. The Morgan fingerprint density at radius 3 is 2.37 bits per heavy atom. The van der Waals surface area contributed by atoms with E-state index in [1.165, 1.54) is 64.5 Å². The minimum Gasteiger partial charge on any atom is -0.300 e. The molecular formula is C16H27N3. The van der Waals surface area contributed by atoms with Gasteiger partial charge in [0.05, 0.1) is 6.07 Å². The summed E-state index contributed by atoms with van der Waals surface area (Å²) in [6.45, 7) is 2.52. The quantitative estimate of drug-likeness (QED) is 0.849. The summed E-state index contributed by atoms with van der Waals surface area (Å²) in [5.74, 6) is 0. The average Bonchev–Trinajstić information content (AvgIpc) is 3.25. The molecule has 3 aliphatic rings. The van der Waals surface area contributed by atoms with Crippen molar-refractivity contribution < 1.29 is 0 Å². The zero-order chi connectivity index (χ0) is 13.1. The van der Waals surface area contributed by atoms with Crippen LogP contribution < -0.4 is 5.32 Å². The van der Waals surface area contributed by atoms with E-state index < -0.39 is 0 Å². The predicted molar refractivity (Wildman–Crippen MR) is 76.8 cm³/mol. The zero-order valence-corrected chi connectivity index (χ0v) is 12.0. The summed E-state index contributed by atoms with van der Waals surface area (Å²) in [5, 5.41) is 13.3. The second kappa shape index (κ2) is 5.81. The summed E-state index contributed by atoms with van der Waals surface area (Å²) in [7, 11) is 0. The lowest BCUT2D eigenvalue weighted by atomic mass is 9.79. The van der Waals surface area contributed by atoms with Gasteiger partial charge in [0.15, 0.2) is 0 Å². The van der Waals surface area contributed by atoms with E-state index in [1.54, 1.807) is 0 Å². The van der Waals surface area contributed by atoms with Crippen LogP contribution in [-0.2, 0) is 0 Å². The molecule has 0 spiro atoms. The van der Waals surface area contributed by atoms with E-state index >= 15 is 0 Å². The first kappa shape index (κ1) is 13.4. The third kappa shape index (κ3) is 3.30. The van der Waals surface area contributed by atoms with Gasteiger partial charge in [0, 0.05) is 12.1 Å². The molecule has 19 heavy (non-hydrogen) atoms. The van der Waals surface area contributed by atoms with E-state index in [0.29, 0.717) is 12.1 Å². The molecule has 2 atom stereocenters. The highest BCUT2D eigenvalue weighted by molar-refractivity contribution is 5.13. The largest absolute Gasteiger partial charge is 0.300 e. The normalized spacial score (nSPS) is 37.5. The van der Waals surface area contributed by atoms with Crippen LogP contribution in [0.5, 0.6) is 0 Å². The van der Waals surface area contributed by atoms with Crippen LogP contribution in [-0.4, -0.2) is 35.6 Å². The number of nitrogens with one attached hydrogen (secondary N) is 1. The molecule has 106 valence electrons. The predicted octanol–water partition coefficient (Wildman–Crippen LogP) is 2.82. The van der Waals surface area contributed by atoms with Gasteiger partial charge in [-0.3, -0.25) is 5.32 Å². The van der Waals surface area contributed by atoms with Gasteiger partial charge >= 0.3 is 0 Å². The van der Waals surface area contributed by atoms with E-state index in [0.717, 1.165) is 12.8 Å². The SMILES string of the molecule is N#CC1(NC2CC2)CCCC(N2CCCCCC2)C1. The summed E-state index contributed by atoms with van der Waals surface area (Å²) in [4.78, 5) is 2.69. The second-order valence-electron chi connectivity index (χ2n) is 6.81. The Balaban J connectivity index is 1.63. The summed E-state index contributed by atoms with van der Waals surface area (Å²) in [6, 6.07) is 3.93. The van der Waals surface area contributed by atoms with Crippen LogP contribution in [0.25, 0.3) is 0 Å². The molecule has 0 aromatic carbocycles. The molecule has 0 aromatic heterocycles. The highest BCUT2D eigenvalue weighted by Gasteiger charge is 2.41. The van der Waals surface area contributed by atoms with Crippen molar-refractivity contribution in [2.45, 2.75) is 81.8 Å². The fourth-order valence-electron chi connectivity index (χ4n) is 3.90. The molecule has 3 rings (SSSR count). The molecule has 2 unspecified atom stereocenters. The fraction of sp³-hybridized carbons (Fsp3) is 0.938. The molecular weight excluding hydrogens is 234 g/mol. The Labute approximate surface area is 117 Å². The maximum Gasteiger partial charge on any atom is 0.108 e. The van der Waals surface area contributed by atoms with Crippen molar-refractivity contribution >= 4 is 0 Å². The van der Waals surface area contributed by atoms with Crippen molar-refractivity contribution in [2.75, 3.05) is 13.1 Å². The number of rotatable bonds is 3. The third-order valence-corrected chi connectivity index (χ3v) is 5.15. The first-order chi connectivity index (χ1) is 9.31. The van der Waals surface area contributed by atoms with Crippen LogP contribution in [0.1, 0.15) is 64.2 Å². The molecule has 3 fully saturated rings. The summed E-state index contributed by atoms with van der Waals surface area (Å²) < 4.78 is 0. The van der Waals surface area contributed by atoms with Gasteiger partial charge in [0.2, 0.25) is 0 Å². The molecule has 1 heterocycles. The molecule has 3 heteroatoms. The standard InChI is InChI=1S/C16H27N3/c17-13-16(18-14-7-8-14)9-5-6-15(12-16)19-10-3-1-2-4-11-19/h14-15,18H,1-12H2. The van der Waals surface area contributed by atoms with Gasteiger partial charge in [-0.1, -0.05) is 12.8 Å². The van der Waals surface area contributed by atoms with E-state index in [2.05, 4.69) is 16.3 Å². The van der Waals surface area contributed by atoms with Crippen molar-refractivity contribution in [1.82, 2.24) is 10.2 Å². The van der Waals surface area contributed by atoms with Crippen LogP contribution in [0.2, 0.25) is 0 Å². The number of hydrogen-bond donors (Lipinski definition) is 1. The Bertz CT molecular complexity index is 336. The second-order valence-corrected chi connectivity index (χ2v) is 6.81. The molecule has 2 saturated carbocycles.